The molecule has 1 aromatic carbocycles. The summed E-state index contributed by atoms with van der Waals surface area (Å²) < 4.78 is 10.7. The molecule has 0 spiro atoms. The zero-order chi connectivity index (χ0) is 26.3. The number of likely N-dealkylation sites (tertiary alicyclic amines) is 1. The molecule has 10 heteroatoms. The van der Waals surface area contributed by atoms with Crippen molar-refractivity contribution in [3.63, 3.8) is 0 Å². The molecule has 1 aliphatic carbocycles. The summed E-state index contributed by atoms with van der Waals surface area (Å²) in [7, 11) is 0.0607. The molecule has 3 amide bonds. The van der Waals surface area contributed by atoms with Gasteiger partial charge in [0, 0.05) is 0 Å². The van der Waals surface area contributed by atoms with E-state index in [1.54, 1.807) is 12.1 Å². The predicted octanol–water partition coefficient (Wildman–Crippen LogP) is 4.45. The van der Waals surface area contributed by atoms with E-state index in [9.17, 15) is 24.5 Å². The summed E-state index contributed by atoms with van der Waals surface area (Å²) in [5, 5.41) is 20.6. The molecule has 1 aromatic rings. The molecule has 0 aromatic heterocycles. The van der Waals surface area contributed by atoms with Gasteiger partial charge in [0.2, 0.25) is 11.8 Å². The molecule has 192 valence electrons. The van der Waals surface area contributed by atoms with Gasteiger partial charge in [0.05, 0.1) is 30.1 Å². The number of carbonyl (C=O) groups is 3. The van der Waals surface area contributed by atoms with E-state index in [1.165, 1.54) is 6.07 Å². The van der Waals surface area contributed by atoms with Gasteiger partial charge in [-0.05, 0) is 73.7 Å². The first kappa shape index (κ1) is 26.4. The van der Waals surface area contributed by atoms with Crippen LogP contribution in [0, 0.1) is 23.7 Å². The maximum atomic E-state index is 13.2. The molecule has 3 aliphatic rings. The molecule has 4 rings (SSSR count). The van der Waals surface area contributed by atoms with Crippen LogP contribution >= 0.6 is 11.6 Å². The van der Waals surface area contributed by atoms with E-state index < -0.39 is 48.9 Å². The molecule has 2 heterocycles. The van der Waals surface area contributed by atoms with E-state index >= 15 is 0 Å². The minimum Gasteiger partial charge on any atom is -0.508 e. The smallest absolute Gasteiger partial charge is 0.455 e. The number of halogens is 1. The van der Waals surface area contributed by atoms with Crippen LogP contribution in [-0.2, 0) is 19.0 Å². The van der Waals surface area contributed by atoms with Crippen molar-refractivity contribution in [1.29, 1.82) is 0 Å². The Morgan fingerprint density at radius 3 is 2.67 bits per heavy atom. The van der Waals surface area contributed by atoms with E-state index in [-0.39, 0.29) is 18.0 Å². The molecule has 2 saturated heterocycles. The monoisotopic (exact) mass is 515 g/mol. The van der Waals surface area contributed by atoms with E-state index in [1.807, 2.05) is 26.8 Å². The van der Waals surface area contributed by atoms with Crippen molar-refractivity contribution < 1.29 is 33.9 Å². The highest BCUT2D eigenvalue weighted by Gasteiger charge is 2.59. The number of imide groups is 3. The van der Waals surface area contributed by atoms with Gasteiger partial charge in [-0.15, -0.1) is 0 Å². The fraction of sp³-hybridized carbons (Fsp3) is 0.500. The van der Waals surface area contributed by atoms with Crippen LogP contribution in [0.15, 0.2) is 34.9 Å². The van der Waals surface area contributed by atoms with Crippen molar-refractivity contribution in [3.8, 4) is 5.75 Å². The van der Waals surface area contributed by atoms with Crippen molar-refractivity contribution in [2.24, 2.45) is 23.7 Å². The number of benzene rings is 1. The molecule has 2 fully saturated rings. The second kappa shape index (κ2) is 10.4. The van der Waals surface area contributed by atoms with Crippen LogP contribution in [0.1, 0.15) is 45.6 Å². The second-order valence-electron chi connectivity index (χ2n) is 10.1. The first-order valence-electron chi connectivity index (χ1n) is 12.2. The lowest BCUT2D eigenvalue weighted by Gasteiger charge is -2.44. The predicted molar refractivity (Wildman–Crippen MR) is 135 cm³/mol. The number of hydrogen-bond donors (Lipinski definition) is 2. The number of carbonyl (C=O) groups excluding carboxylic acids is 3. The molecule has 4 atom stereocenters. The highest BCUT2D eigenvalue weighted by atomic mass is 35.5. The topological polar surface area (TPSA) is 113 Å². The minimum absolute atomic E-state index is 0.0971. The lowest BCUT2D eigenvalue weighted by atomic mass is 9.57. The number of nitrogens with zero attached hydrogens (tertiary/aromatic N) is 1. The van der Waals surface area contributed by atoms with Crippen LogP contribution in [0.2, 0.25) is 11.3 Å². The summed E-state index contributed by atoms with van der Waals surface area (Å²) in [5.74, 6) is -2.65. The average molecular weight is 516 g/mol. The molecular weight excluding hydrogens is 485 g/mol. The third kappa shape index (κ3) is 4.84. The first-order chi connectivity index (χ1) is 17.0. The third-order valence-corrected chi connectivity index (χ3v) is 7.81. The van der Waals surface area contributed by atoms with Crippen LogP contribution in [0.5, 0.6) is 5.75 Å². The van der Waals surface area contributed by atoms with Crippen LogP contribution in [0.3, 0.4) is 0 Å². The van der Waals surface area contributed by atoms with Gasteiger partial charge in [-0.3, -0.25) is 9.59 Å². The third-order valence-electron chi connectivity index (χ3n) is 7.48. The van der Waals surface area contributed by atoms with Crippen molar-refractivity contribution in [1.82, 2.24) is 4.90 Å². The summed E-state index contributed by atoms with van der Waals surface area (Å²) >= 11 is 6.24. The van der Waals surface area contributed by atoms with Gasteiger partial charge in [-0.2, -0.15) is 4.90 Å². The highest BCUT2D eigenvalue weighted by Crippen LogP contribution is 2.52. The summed E-state index contributed by atoms with van der Waals surface area (Å²) in [6, 6.07) is 4.81. The van der Waals surface area contributed by atoms with Crippen molar-refractivity contribution in [2.75, 3.05) is 7.11 Å². The molecule has 36 heavy (non-hydrogen) atoms. The van der Waals surface area contributed by atoms with Gasteiger partial charge >= 0.3 is 13.2 Å². The Kier molecular flexibility index (Phi) is 7.64. The Morgan fingerprint density at radius 2 is 2.03 bits per heavy atom. The van der Waals surface area contributed by atoms with Crippen LogP contribution in [-0.4, -0.2) is 53.3 Å². The molecule has 2 N–H and O–H groups in total. The standard InChI is InChI=1S/C26H31BClNO7/c1-13(2)17-11-18-23(25(32)29(24(18)31)26(33)35-4)19-12-27(34)36-21(22(17)19)8-5-14(3)9-15-6-7-16(30)10-20(15)28/h6-7,9-10,13,18-19,21,23,30,34H,5,8,11-12H2,1-4H3/b14-9+/t18-,19+,21-,23-/m1/s1. The number of methoxy groups -OCH3 is 1. The first-order valence-corrected chi connectivity index (χ1v) is 12.6. The van der Waals surface area contributed by atoms with Gasteiger partial charge in [-0.1, -0.05) is 42.7 Å². The molecule has 8 nitrogen and oxygen atoms in total. The van der Waals surface area contributed by atoms with Crippen LogP contribution < -0.4 is 0 Å². The number of phenols is 1. The Balaban J connectivity index is 1.63. The molecule has 0 saturated carbocycles. The number of phenolic OH excluding ortho intramolecular Hbond substituents is 1. The molecule has 2 aliphatic heterocycles. The van der Waals surface area contributed by atoms with Gasteiger partial charge in [0.1, 0.15) is 5.75 Å². The maximum absolute atomic E-state index is 13.2. The molecule has 0 bridgehead atoms. The second-order valence-corrected chi connectivity index (χ2v) is 10.5. The fourth-order valence-corrected chi connectivity index (χ4v) is 6.08. The normalized spacial score (nSPS) is 26.5. The van der Waals surface area contributed by atoms with Crippen LogP contribution in [0.25, 0.3) is 6.08 Å². The summed E-state index contributed by atoms with van der Waals surface area (Å²) in [4.78, 5) is 39.1. The number of fused-ring (bicyclic) bond motifs is 3. The van der Waals surface area contributed by atoms with Gasteiger partial charge < -0.3 is 19.5 Å². The lowest BCUT2D eigenvalue weighted by Crippen LogP contribution is -2.46. The molecule has 0 radical (unpaired) electrons. The van der Waals surface area contributed by atoms with Gasteiger partial charge in [-0.25, -0.2) is 4.79 Å². The maximum Gasteiger partial charge on any atom is 0.455 e. The summed E-state index contributed by atoms with van der Waals surface area (Å²) in [5.41, 5.74) is 3.84. The Bertz CT molecular complexity index is 1150. The Hall–Kier alpha value is -2.62. The van der Waals surface area contributed by atoms with Gasteiger partial charge in [0.25, 0.3) is 0 Å². The largest absolute Gasteiger partial charge is 0.508 e. The number of rotatable bonds is 5. The SMILES string of the molecule is COC(=O)N1C(=O)[C@@H]2[C@@H](CC(C(C)C)=C3[C@@H](CC/C(C)=C/c4ccc(O)cc4Cl)OB(O)C[C@@H]32)C1=O. The highest BCUT2D eigenvalue weighted by molar-refractivity contribution is 6.43. The number of hydrogen-bond acceptors (Lipinski definition) is 7. The average Bonchev–Trinajstić information content (AvgIpc) is 3.07. The van der Waals surface area contributed by atoms with Crippen molar-refractivity contribution >= 4 is 42.7 Å². The van der Waals surface area contributed by atoms with Crippen molar-refractivity contribution in [2.45, 2.75) is 52.5 Å². The van der Waals surface area contributed by atoms with Gasteiger partial charge in [0.15, 0.2) is 0 Å². The zero-order valence-corrected chi connectivity index (χ0v) is 21.6. The number of aromatic hydroxyl groups is 1. The minimum atomic E-state index is -1.08. The number of allylic oxidation sites excluding steroid dienone is 2. The lowest BCUT2D eigenvalue weighted by molar-refractivity contribution is -0.137. The Labute approximate surface area is 216 Å². The zero-order valence-electron chi connectivity index (χ0n) is 20.9. The molecule has 0 unspecified atom stereocenters. The number of ether oxygens (including phenoxy) is 1. The van der Waals surface area contributed by atoms with E-state index in [4.69, 9.17) is 21.0 Å². The van der Waals surface area contributed by atoms with Crippen molar-refractivity contribution in [3.05, 3.63) is 45.5 Å². The quantitative estimate of drug-likeness (QED) is 0.338. The van der Waals surface area contributed by atoms with E-state index in [0.29, 0.717) is 29.2 Å². The fourth-order valence-electron chi connectivity index (χ4n) is 5.85. The van der Waals surface area contributed by atoms with E-state index in [0.717, 1.165) is 29.4 Å². The molecular formula is C26H31BClNO7. The Morgan fingerprint density at radius 1 is 1.31 bits per heavy atom. The summed E-state index contributed by atoms with van der Waals surface area (Å²) in [6.45, 7) is 6.06. The summed E-state index contributed by atoms with van der Waals surface area (Å²) in [6.07, 6.45) is 2.33. The van der Waals surface area contributed by atoms with E-state index in [2.05, 4.69) is 0 Å². The van der Waals surface area contributed by atoms with Crippen LogP contribution in [0.4, 0.5) is 4.79 Å². The number of amides is 3.